The minimum atomic E-state index is -0.284. The van der Waals surface area contributed by atoms with Gasteiger partial charge in [0.1, 0.15) is 11.6 Å². The molecule has 2 aromatic rings. The quantitative estimate of drug-likeness (QED) is 0.901. The molecular weight excluding hydrogens is 258 g/mol. The number of hydrogen-bond donors (Lipinski definition) is 1. The summed E-state index contributed by atoms with van der Waals surface area (Å²) in [4.78, 5) is 1.83. The van der Waals surface area contributed by atoms with Gasteiger partial charge in [0.25, 0.3) is 0 Å². The summed E-state index contributed by atoms with van der Waals surface area (Å²) in [5.41, 5.74) is 2.19. The fourth-order valence-electron chi connectivity index (χ4n) is 2.13. The van der Waals surface area contributed by atoms with Crippen molar-refractivity contribution in [1.82, 2.24) is 5.32 Å². The zero-order valence-corrected chi connectivity index (χ0v) is 11.7. The highest BCUT2D eigenvalue weighted by molar-refractivity contribution is 5.49. The normalized spacial score (nSPS) is 10.6. The van der Waals surface area contributed by atoms with Crippen molar-refractivity contribution in [2.24, 2.45) is 0 Å². The van der Waals surface area contributed by atoms with E-state index in [0.717, 1.165) is 11.3 Å². The molecule has 0 aliphatic heterocycles. The van der Waals surface area contributed by atoms with Crippen LogP contribution in [0.3, 0.4) is 0 Å². The molecule has 0 aromatic heterocycles. The standard InChI is InChI=1S/C16H18F2N2/c1-19-10-12-7-14(17)9-15(8-12)20(2)11-13-5-3-4-6-16(13)18/h3-9,19H,10-11H2,1-2H3. The summed E-state index contributed by atoms with van der Waals surface area (Å²) < 4.78 is 27.2. The van der Waals surface area contributed by atoms with E-state index in [1.807, 2.05) is 25.1 Å². The summed E-state index contributed by atoms with van der Waals surface area (Å²) in [6.07, 6.45) is 0. The van der Waals surface area contributed by atoms with Crippen LogP contribution in [0.15, 0.2) is 42.5 Å². The lowest BCUT2D eigenvalue weighted by atomic mass is 10.1. The Morgan fingerprint density at radius 1 is 1.10 bits per heavy atom. The number of hydrogen-bond acceptors (Lipinski definition) is 2. The van der Waals surface area contributed by atoms with E-state index in [1.54, 1.807) is 18.2 Å². The fraction of sp³-hybridized carbons (Fsp3) is 0.250. The van der Waals surface area contributed by atoms with Crippen LogP contribution in [0.25, 0.3) is 0 Å². The van der Waals surface area contributed by atoms with Crippen molar-refractivity contribution < 1.29 is 8.78 Å². The monoisotopic (exact) mass is 276 g/mol. The zero-order chi connectivity index (χ0) is 14.5. The predicted molar refractivity (Wildman–Crippen MR) is 77.7 cm³/mol. The van der Waals surface area contributed by atoms with Gasteiger partial charge in [-0.1, -0.05) is 18.2 Å². The van der Waals surface area contributed by atoms with Crippen molar-refractivity contribution in [2.75, 3.05) is 19.0 Å². The van der Waals surface area contributed by atoms with Crippen LogP contribution in [0.4, 0.5) is 14.5 Å². The van der Waals surface area contributed by atoms with Crippen LogP contribution >= 0.6 is 0 Å². The van der Waals surface area contributed by atoms with E-state index >= 15 is 0 Å². The summed E-state index contributed by atoms with van der Waals surface area (Å²) in [5, 5.41) is 2.99. The molecule has 0 aliphatic carbocycles. The molecule has 0 fully saturated rings. The van der Waals surface area contributed by atoms with E-state index in [1.165, 1.54) is 18.2 Å². The van der Waals surface area contributed by atoms with Gasteiger partial charge in [0.05, 0.1) is 0 Å². The molecule has 0 unspecified atom stereocenters. The molecule has 20 heavy (non-hydrogen) atoms. The van der Waals surface area contributed by atoms with Gasteiger partial charge in [-0.25, -0.2) is 8.78 Å². The van der Waals surface area contributed by atoms with Gasteiger partial charge in [0, 0.05) is 31.4 Å². The van der Waals surface area contributed by atoms with Gasteiger partial charge in [-0.05, 0) is 36.9 Å². The lowest BCUT2D eigenvalue weighted by Crippen LogP contribution is -2.18. The van der Waals surface area contributed by atoms with Gasteiger partial charge >= 0.3 is 0 Å². The Bertz CT molecular complexity index is 584. The van der Waals surface area contributed by atoms with E-state index in [4.69, 9.17) is 0 Å². The zero-order valence-electron chi connectivity index (χ0n) is 11.7. The van der Waals surface area contributed by atoms with Crippen LogP contribution in [0.2, 0.25) is 0 Å². The fourth-order valence-corrected chi connectivity index (χ4v) is 2.13. The van der Waals surface area contributed by atoms with E-state index in [2.05, 4.69) is 5.32 Å². The van der Waals surface area contributed by atoms with Crippen LogP contribution in [0.5, 0.6) is 0 Å². The van der Waals surface area contributed by atoms with Crippen LogP contribution in [-0.4, -0.2) is 14.1 Å². The molecule has 1 N–H and O–H groups in total. The van der Waals surface area contributed by atoms with E-state index in [-0.39, 0.29) is 11.6 Å². The second kappa shape index (κ2) is 6.48. The van der Waals surface area contributed by atoms with E-state index in [9.17, 15) is 8.78 Å². The van der Waals surface area contributed by atoms with Gasteiger partial charge in [-0.2, -0.15) is 0 Å². The van der Waals surface area contributed by atoms with Crippen LogP contribution in [-0.2, 0) is 13.1 Å². The van der Waals surface area contributed by atoms with Crippen LogP contribution < -0.4 is 10.2 Å². The number of nitrogens with one attached hydrogen (secondary N) is 1. The predicted octanol–water partition coefficient (Wildman–Crippen LogP) is 3.32. The maximum Gasteiger partial charge on any atom is 0.128 e. The van der Waals surface area contributed by atoms with Crippen molar-refractivity contribution in [3.8, 4) is 0 Å². The molecule has 2 nitrogen and oxygen atoms in total. The first-order chi connectivity index (χ1) is 9.60. The maximum atomic E-state index is 13.6. The summed E-state index contributed by atoms with van der Waals surface area (Å²) in [7, 11) is 3.64. The van der Waals surface area contributed by atoms with Gasteiger partial charge < -0.3 is 10.2 Å². The van der Waals surface area contributed by atoms with E-state index < -0.39 is 0 Å². The second-order valence-electron chi connectivity index (χ2n) is 4.80. The Morgan fingerprint density at radius 3 is 2.55 bits per heavy atom. The lowest BCUT2D eigenvalue weighted by molar-refractivity contribution is 0.606. The molecule has 0 aliphatic rings. The Balaban J connectivity index is 2.20. The second-order valence-corrected chi connectivity index (χ2v) is 4.80. The SMILES string of the molecule is CNCc1cc(F)cc(N(C)Cc2ccccc2F)c1. The molecule has 0 spiro atoms. The molecule has 0 amide bonds. The highest BCUT2D eigenvalue weighted by Crippen LogP contribution is 2.20. The lowest BCUT2D eigenvalue weighted by Gasteiger charge is -2.20. The van der Waals surface area contributed by atoms with Crippen molar-refractivity contribution >= 4 is 5.69 Å². The largest absolute Gasteiger partial charge is 0.370 e. The number of benzene rings is 2. The molecule has 0 bridgehead atoms. The summed E-state index contributed by atoms with van der Waals surface area (Å²) in [5.74, 6) is -0.528. The van der Waals surface area contributed by atoms with E-state index in [0.29, 0.717) is 18.7 Å². The molecule has 4 heteroatoms. The highest BCUT2D eigenvalue weighted by atomic mass is 19.1. The molecule has 0 saturated heterocycles. The number of halogens is 2. The summed E-state index contributed by atoms with van der Waals surface area (Å²) in [6, 6.07) is 11.5. The first kappa shape index (κ1) is 14.5. The summed E-state index contributed by atoms with van der Waals surface area (Å²) >= 11 is 0. The Labute approximate surface area is 118 Å². The number of rotatable bonds is 5. The molecule has 106 valence electrons. The summed E-state index contributed by atoms with van der Waals surface area (Å²) in [6.45, 7) is 0.993. The Hall–Kier alpha value is -1.94. The molecule has 2 aromatic carbocycles. The van der Waals surface area contributed by atoms with Gasteiger partial charge in [0.15, 0.2) is 0 Å². The van der Waals surface area contributed by atoms with Gasteiger partial charge in [-0.3, -0.25) is 0 Å². The van der Waals surface area contributed by atoms with Gasteiger partial charge in [-0.15, -0.1) is 0 Å². The van der Waals surface area contributed by atoms with Crippen LogP contribution in [0.1, 0.15) is 11.1 Å². The average Bonchev–Trinajstić information content (AvgIpc) is 2.41. The molecule has 2 rings (SSSR count). The number of nitrogens with zero attached hydrogens (tertiary/aromatic N) is 1. The number of anilines is 1. The highest BCUT2D eigenvalue weighted by Gasteiger charge is 2.08. The van der Waals surface area contributed by atoms with Crippen molar-refractivity contribution in [3.05, 3.63) is 65.2 Å². The minimum Gasteiger partial charge on any atom is -0.370 e. The van der Waals surface area contributed by atoms with Crippen molar-refractivity contribution in [3.63, 3.8) is 0 Å². The van der Waals surface area contributed by atoms with Crippen molar-refractivity contribution in [1.29, 1.82) is 0 Å². The molecule has 0 heterocycles. The van der Waals surface area contributed by atoms with Crippen LogP contribution in [0, 0.1) is 11.6 Å². The third kappa shape index (κ3) is 3.54. The topological polar surface area (TPSA) is 15.3 Å². The Morgan fingerprint density at radius 2 is 1.85 bits per heavy atom. The molecule has 0 saturated carbocycles. The smallest absolute Gasteiger partial charge is 0.128 e. The minimum absolute atomic E-state index is 0.244. The van der Waals surface area contributed by atoms with Gasteiger partial charge in [0.2, 0.25) is 0 Å². The Kier molecular flexibility index (Phi) is 4.69. The van der Waals surface area contributed by atoms with Crippen molar-refractivity contribution in [2.45, 2.75) is 13.1 Å². The maximum absolute atomic E-state index is 13.6. The first-order valence-corrected chi connectivity index (χ1v) is 6.49. The third-order valence-electron chi connectivity index (χ3n) is 3.13. The average molecular weight is 276 g/mol. The third-order valence-corrected chi connectivity index (χ3v) is 3.13. The first-order valence-electron chi connectivity index (χ1n) is 6.49. The molecule has 0 atom stereocenters. The molecule has 0 radical (unpaired) electrons. The molecular formula is C16H18F2N2.